The maximum Gasteiger partial charge on any atom is 0.334 e. The van der Waals surface area contributed by atoms with E-state index in [0.29, 0.717) is 16.9 Å². The van der Waals surface area contributed by atoms with Gasteiger partial charge in [-0.1, -0.05) is 19.2 Å². The lowest BCUT2D eigenvalue weighted by molar-refractivity contribution is -0.153. The van der Waals surface area contributed by atoms with Gasteiger partial charge in [0, 0.05) is 30.1 Å². The van der Waals surface area contributed by atoms with Crippen LogP contribution in [0, 0.1) is 5.92 Å². The van der Waals surface area contributed by atoms with E-state index in [1.54, 1.807) is 26.8 Å². The molecule has 26 heavy (non-hydrogen) atoms. The lowest BCUT2D eigenvalue weighted by Crippen LogP contribution is -2.43. The molecule has 0 aliphatic carbocycles. The number of hydrogen-bond donors (Lipinski definition) is 0. The van der Waals surface area contributed by atoms with Gasteiger partial charge in [-0.2, -0.15) is 0 Å². The molecule has 6 nitrogen and oxygen atoms in total. The van der Waals surface area contributed by atoms with Crippen LogP contribution in [0.15, 0.2) is 47.8 Å². The molecule has 3 aliphatic heterocycles. The van der Waals surface area contributed by atoms with E-state index >= 15 is 0 Å². The Labute approximate surface area is 152 Å². The first-order chi connectivity index (χ1) is 12.2. The minimum atomic E-state index is -1.19. The fraction of sp³-hybridized carbons (Fsp3) is 0.450. The van der Waals surface area contributed by atoms with Crippen molar-refractivity contribution in [2.75, 3.05) is 0 Å². The number of hydrogen-bond acceptors (Lipinski definition) is 6. The van der Waals surface area contributed by atoms with Gasteiger partial charge in [-0.3, -0.25) is 4.79 Å². The quantitative estimate of drug-likeness (QED) is 0.558. The summed E-state index contributed by atoms with van der Waals surface area (Å²) in [5, 5.41) is 0. The molecule has 0 aromatic heterocycles. The second kappa shape index (κ2) is 6.27. The smallest absolute Gasteiger partial charge is 0.334 e. The van der Waals surface area contributed by atoms with Crippen LogP contribution in [0.5, 0.6) is 0 Å². The zero-order valence-electron chi connectivity index (χ0n) is 15.2. The topological polar surface area (TPSA) is 78.9 Å². The molecule has 3 aliphatic rings. The summed E-state index contributed by atoms with van der Waals surface area (Å²) in [5.74, 6) is -1.41. The Bertz CT molecular complexity index is 786. The van der Waals surface area contributed by atoms with Crippen molar-refractivity contribution in [2.45, 2.75) is 51.4 Å². The Morgan fingerprint density at radius 2 is 2.08 bits per heavy atom. The number of ether oxygens (including phenoxy) is 3. The van der Waals surface area contributed by atoms with E-state index in [2.05, 4.69) is 13.2 Å². The minimum absolute atomic E-state index is 0.0959. The zero-order valence-corrected chi connectivity index (χ0v) is 15.2. The average Bonchev–Trinajstić information content (AvgIpc) is 3.03. The highest BCUT2D eigenvalue weighted by atomic mass is 16.6. The third-order valence-electron chi connectivity index (χ3n) is 5.24. The van der Waals surface area contributed by atoms with E-state index in [1.807, 2.05) is 0 Å². The second-order valence-corrected chi connectivity index (χ2v) is 7.13. The van der Waals surface area contributed by atoms with Gasteiger partial charge >= 0.3 is 11.9 Å². The number of carbonyl (C=O) groups is 3. The normalized spacial score (nSPS) is 34.2. The number of rotatable bonds is 2. The number of allylic oxidation sites excluding steroid dienone is 2. The highest BCUT2D eigenvalue weighted by Crippen LogP contribution is 2.44. The van der Waals surface area contributed by atoms with Crippen molar-refractivity contribution in [2.24, 2.45) is 5.92 Å². The summed E-state index contributed by atoms with van der Waals surface area (Å²) < 4.78 is 17.0. The van der Waals surface area contributed by atoms with Gasteiger partial charge in [0.15, 0.2) is 5.60 Å². The molecular formula is C20H22O6. The SMILES string of the molecule is C=C1C[C@@H]2OC(=O)C(=C)[C@H]2[C@H](OC(=O)/C(C)=C/C)C[C@@]2(C)OC1=CC2=O. The number of carbonyl (C=O) groups excluding carboxylic acids is 3. The first kappa shape index (κ1) is 18.2. The molecule has 0 spiro atoms. The van der Waals surface area contributed by atoms with E-state index in [1.165, 1.54) is 6.08 Å². The Kier molecular flexibility index (Phi) is 4.38. The molecule has 0 saturated carbocycles. The van der Waals surface area contributed by atoms with Crippen molar-refractivity contribution in [3.05, 3.63) is 47.8 Å². The van der Waals surface area contributed by atoms with Gasteiger partial charge in [0.2, 0.25) is 5.78 Å². The molecule has 2 fully saturated rings. The summed E-state index contributed by atoms with van der Waals surface area (Å²) >= 11 is 0. The summed E-state index contributed by atoms with van der Waals surface area (Å²) in [6, 6.07) is 0. The van der Waals surface area contributed by atoms with Crippen molar-refractivity contribution >= 4 is 17.7 Å². The van der Waals surface area contributed by atoms with E-state index in [0.717, 1.165) is 0 Å². The Balaban J connectivity index is 2.02. The molecule has 138 valence electrons. The van der Waals surface area contributed by atoms with Crippen LogP contribution >= 0.6 is 0 Å². The molecule has 3 heterocycles. The minimum Gasteiger partial charge on any atom is -0.479 e. The molecule has 6 heteroatoms. The molecule has 0 aromatic carbocycles. The van der Waals surface area contributed by atoms with Gasteiger partial charge < -0.3 is 14.2 Å². The van der Waals surface area contributed by atoms with E-state index < -0.39 is 35.7 Å². The fourth-order valence-corrected chi connectivity index (χ4v) is 3.51. The van der Waals surface area contributed by atoms with Gasteiger partial charge in [0.1, 0.15) is 18.0 Å². The third-order valence-corrected chi connectivity index (χ3v) is 5.24. The zero-order chi connectivity index (χ0) is 19.2. The molecule has 0 radical (unpaired) electrons. The largest absolute Gasteiger partial charge is 0.479 e. The third kappa shape index (κ3) is 2.89. The van der Waals surface area contributed by atoms with Crippen LogP contribution < -0.4 is 0 Å². The molecule has 0 amide bonds. The van der Waals surface area contributed by atoms with Gasteiger partial charge in [0.25, 0.3) is 0 Å². The number of fused-ring (bicyclic) bond motifs is 3. The first-order valence-corrected chi connectivity index (χ1v) is 8.53. The van der Waals surface area contributed by atoms with Crippen LogP contribution in [-0.4, -0.2) is 35.5 Å². The van der Waals surface area contributed by atoms with Crippen molar-refractivity contribution in [1.29, 1.82) is 0 Å². The van der Waals surface area contributed by atoms with Crippen LogP contribution in [-0.2, 0) is 28.6 Å². The van der Waals surface area contributed by atoms with E-state index in [-0.39, 0.29) is 24.2 Å². The molecular weight excluding hydrogens is 336 g/mol. The predicted octanol–water partition coefficient (Wildman–Crippen LogP) is 2.55. The fourth-order valence-electron chi connectivity index (χ4n) is 3.51. The van der Waals surface area contributed by atoms with Crippen LogP contribution in [0.2, 0.25) is 0 Å². The molecule has 0 N–H and O–H groups in total. The second-order valence-electron chi connectivity index (χ2n) is 7.13. The standard InChI is InChI=1S/C20H22O6/c1-6-10(2)18(22)25-15-9-20(5)16(21)8-13(26-20)11(3)7-14-17(15)12(4)19(23)24-14/h6,8,14-15,17H,3-4,7,9H2,1-2,5H3/b10-6+/t14-,15+,17+,20+/m0/s1. The van der Waals surface area contributed by atoms with Crippen LogP contribution in [0.1, 0.15) is 33.6 Å². The van der Waals surface area contributed by atoms with Crippen LogP contribution in [0.4, 0.5) is 0 Å². The van der Waals surface area contributed by atoms with Crippen LogP contribution in [0.3, 0.4) is 0 Å². The summed E-state index contributed by atoms with van der Waals surface area (Å²) in [5.41, 5.74) is 0.0514. The highest BCUT2D eigenvalue weighted by molar-refractivity contribution is 6.00. The number of ketones is 1. The monoisotopic (exact) mass is 358 g/mol. The summed E-state index contributed by atoms with van der Waals surface area (Å²) in [6.07, 6.45) is 2.08. The summed E-state index contributed by atoms with van der Waals surface area (Å²) in [7, 11) is 0. The predicted molar refractivity (Wildman–Crippen MR) is 92.8 cm³/mol. The van der Waals surface area contributed by atoms with Gasteiger partial charge in [-0.15, -0.1) is 0 Å². The molecule has 4 atom stereocenters. The lowest BCUT2D eigenvalue weighted by Gasteiger charge is -2.31. The first-order valence-electron chi connectivity index (χ1n) is 8.53. The van der Waals surface area contributed by atoms with Crippen molar-refractivity contribution in [1.82, 2.24) is 0 Å². The van der Waals surface area contributed by atoms with E-state index in [9.17, 15) is 14.4 Å². The molecule has 3 rings (SSSR count). The molecule has 0 unspecified atom stereocenters. The highest BCUT2D eigenvalue weighted by Gasteiger charge is 2.52. The van der Waals surface area contributed by atoms with E-state index in [4.69, 9.17) is 14.2 Å². The van der Waals surface area contributed by atoms with Crippen LogP contribution in [0.25, 0.3) is 0 Å². The average molecular weight is 358 g/mol. The summed E-state index contributed by atoms with van der Waals surface area (Å²) in [6.45, 7) is 12.8. The lowest BCUT2D eigenvalue weighted by atomic mass is 9.81. The Hall–Kier alpha value is -2.63. The summed E-state index contributed by atoms with van der Waals surface area (Å²) in [4.78, 5) is 36.9. The van der Waals surface area contributed by atoms with Gasteiger partial charge in [-0.05, 0) is 26.3 Å². The maximum atomic E-state index is 12.5. The van der Waals surface area contributed by atoms with Gasteiger partial charge in [-0.25, -0.2) is 9.59 Å². The maximum absolute atomic E-state index is 12.5. The van der Waals surface area contributed by atoms with Crippen molar-refractivity contribution < 1.29 is 28.6 Å². The molecule has 0 aromatic rings. The number of esters is 2. The van der Waals surface area contributed by atoms with Crippen molar-refractivity contribution in [3.8, 4) is 0 Å². The Morgan fingerprint density at radius 3 is 2.73 bits per heavy atom. The molecule has 2 bridgehead atoms. The molecule has 2 saturated heterocycles. The Morgan fingerprint density at radius 1 is 1.38 bits per heavy atom. The van der Waals surface area contributed by atoms with Crippen molar-refractivity contribution in [3.63, 3.8) is 0 Å². The van der Waals surface area contributed by atoms with Gasteiger partial charge in [0.05, 0.1) is 5.92 Å².